The number of benzene rings is 1. The highest BCUT2D eigenvalue weighted by Gasteiger charge is 2.19. The Morgan fingerprint density at radius 1 is 1.19 bits per heavy atom. The molecule has 4 nitrogen and oxygen atoms in total. The number of carbonyl (C=O) groups is 1. The fraction of sp³-hybridized carbons (Fsp3) is 0.588. The first kappa shape index (κ1) is 14.5. The number of nitrogens with one attached hydrogen (secondary N) is 1. The molecule has 2 aliphatic heterocycles. The van der Waals surface area contributed by atoms with Crippen molar-refractivity contribution in [3.8, 4) is 0 Å². The van der Waals surface area contributed by atoms with E-state index in [-0.39, 0.29) is 5.78 Å². The minimum absolute atomic E-state index is 0.258. The van der Waals surface area contributed by atoms with Crippen molar-refractivity contribution in [2.75, 3.05) is 51.1 Å². The average molecular weight is 287 g/mol. The van der Waals surface area contributed by atoms with Crippen LogP contribution >= 0.6 is 0 Å². The first-order valence-electron chi connectivity index (χ1n) is 8.11. The van der Waals surface area contributed by atoms with Crippen molar-refractivity contribution in [2.24, 2.45) is 0 Å². The van der Waals surface area contributed by atoms with Gasteiger partial charge < -0.3 is 10.2 Å². The first-order valence-corrected chi connectivity index (χ1v) is 8.11. The molecule has 2 aliphatic rings. The molecule has 2 heterocycles. The fourth-order valence-electron chi connectivity index (χ4n) is 3.21. The number of anilines is 1. The van der Waals surface area contributed by atoms with Gasteiger partial charge in [-0.1, -0.05) is 6.92 Å². The summed E-state index contributed by atoms with van der Waals surface area (Å²) < 4.78 is 0. The minimum Gasteiger partial charge on any atom is -0.385 e. The SMILES string of the molecule is CCN1CCN(CC(=O)c2ccc3c(c2)CCCN3)CC1. The van der Waals surface area contributed by atoms with Gasteiger partial charge in [-0.15, -0.1) is 0 Å². The van der Waals surface area contributed by atoms with Crippen LogP contribution in [-0.4, -0.2) is 61.4 Å². The van der Waals surface area contributed by atoms with Crippen molar-refractivity contribution in [1.29, 1.82) is 0 Å². The zero-order valence-corrected chi connectivity index (χ0v) is 12.9. The maximum Gasteiger partial charge on any atom is 0.176 e. The molecule has 0 aliphatic carbocycles. The molecule has 0 bridgehead atoms. The van der Waals surface area contributed by atoms with Crippen LogP contribution in [-0.2, 0) is 6.42 Å². The van der Waals surface area contributed by atoms with E-state index in [1.165, 1.54) is 11.3 Å². The molecule has 1 fully saturated rings. The molecule has 21 heavy (non-hydrogen) atoms. The molecule has 0 atom stereocenters. The van der Waals surface area contributed by atoms with Gasteiger partial charge in [0.2, 0.25) is 0 Å². The highest BCUT2D eigenvalue weighted by atomic mass is 16.1. The summed E-state index contributed by atoms with van der Waals surface area (Å²) in [6.07, 6.45) is 2.24. The second-order valence-electron chi connectivity index (χ2n) is 6.04. The van der Waals surface area contributed by atoms with E-state index in [0.29, 0.717) is 6.54 Å². The lowest BCUT2D eigenvalue weighted by molar-refractivity contribution is 0.0859. The number of hydrogen-bond acceptors (Lipinski definition) is 4. The van der Waals surface area contributed by atoms with Crippen LogP contribution in [0.25, 0.3) is 0 Å². The zero-order valence-electron chi connectivity index (χ0n) is 12.9. The lowest BCUT2D eigenvalue weighted by Gasteiger charge is -2.33. The Morgan fingerprint density at radius 3 is 2.71 bits per heavy atom. The van der Waals surface area contributed by atoms with Gasteiger partial charge in [0.05, 0.1) is 6.54 Å². The molecule has 0 spiro atoms. The number of Topliss-reactive ketones (excluding diaryl/α,β-unsaturated/α-hetero) is 1. The van der Waals surface area contributed by atoms with Gasteiger partial charge >= 0.3 is 0 Å². The smallest absolute Gasteiger partial charge is 0.176 e. The van der Waals surface area contributed by atoms with Crippen molar-refractivity contribution in [3.05, 3.63) is 29.3 Å². The Bertz CT molecular complexity index is 507. The van der Waals surface area contributed by atoms with E-state index in [1.807, 2.05) is 6.07 Å². The minimum atomic E-state index is 0.258. The van der Waals surface area contributed by atoms with E-state index in [4.69, 9.17) is 0 Å². The standard InChI is InChI=1S/C17H25N3O/c1-2-19-8-10-20(11-9-19)13-17(21)15-5-6-16-14(12-15)4-3-7-18-16/h5-6,12,18H,2-4,7-11,13H2,1H3. The molecule has 0 saturated carbocycles. The van der Waals surface area contributed by atoms with Crippen LogP contribution in [0.1, 0.15) is 29.3 Å². The van der Waals surface area contributed by atoms with E-state index in [2.05, 4.69) is 34.2 Å². The largest absolute Gasteiger partial charge is 0.385 e. The number of nitrogens with zero attached hydrogens (tertiary/aromatic N) is 2. The van der Waals surface area contributed by atoms with Crippen LogP contribution in [0.2, 0.25) is 0 Å². The maximum atomic E-state index is 12.5. The number of likely N-dealkylation sites (N-methyl/N-ethyl adjacent to an activating group) is 1. The molecule has 1 N–H and O–H groups in total. The molecule has 114 valence electrons. The first-order chi connectivity index (χ1) is 10.3. The lowest BCUT2D eigenvalue weighted by Crippen LogP contribution is -2.47. The van der Waals surface area contributed by atoms with Crippen molar-refractivity contribution < 1.29 is 4.79 Å². The topological polar surface area (TPSA) is 35.6 Å². The Labute approximate surface area is 127 Å². The molecule has 1 aromatic carbocycles. The summed E-state index contributed by atoms with van der Waals surface area (Å²) in [5.41, 5.74) is 3.37. The van der Waals surface area contributed by atoms with Crippen LogP contribution in [0.4, 0.5) is 5.69 Å². The van der Waals surface area contributed by atoms with E-state index < -0.39 is 0 Å². The lowest BCUT2D eigenvalue weighted by atomic mass is 9.99. The van der Waals surface area contributed by atoms with Crippen molar-refractivity contribution in [1.82, 2.24) is 9.80 Å². The quantitative estimate of drug-likeness (QED) is 0.858. The Hall–Kier alpha value is -1.39. The second kappa shape index (κ2) is 6.58. The molecular weight excluding hydrogens is 262 g/mol. The van der Waals surface area contributed by atoms with Crippen molar-refractivity contribution >= 4 is 11.5 Å². The Kier molecular flexibility index (Phi) is 4.56. The van der Waals surface area contributed by atoms with Gasteiger partial charge in [0, 0.05) is 44.0 Å². The van der Waals surface area contributed by atoms with Gasteiger partial charge in [-0.25, -0.2) is 0 Å². The molecule has 0 amide bonds. The maximum absolute atomic E-state index is 12.5. The fourth-order valence-corrected chi connectivity index (χ4v) is 3.21. The van der Waals surface area contributed by atoms with E-state index >= 15 is 0 Å². The summed E-state index contributed by atoms with van der Waals surface area (Å²) in [5.74, 6) is 0.258. The van der Waals surface area contributed by atoms with Gasteiger partial charge in [-0.3, -0.25) is 9.69 Å². The highest BCUT2D eigenvalue weighted by molar-refractivity contribution is 5.98. The van der Waals surface area contributed by atoms with Gasteiger partial charge in [-0.05, 0) is 43.1 Å². The van der Waals surface area contributed by atoms with Crippen molar-refractivity contribution in [3.63, 3.8) is 0 Å². The molecule has 0 aromatic heterocycles. The van der Waals surface area contributed by atoms with Crippen molar-refractivity contribution in [2.45, 2.75) is 19.8 Å². The van der Waals surface area contributed by atoms with Crippen LogP contribution in [0.3, 0.4) is 0 Å². The summed E-state index contributed by atoms with van der Waals surface area (Å²) >= 11 is 0. The monoisotopic (exact) mass is 287 g/mol. The molecule has 1 aromatic rings. The third-order valence-corrected chi connectivity index (χ3v) is 4.64. The van der Waals surface area contributed by atoms with Crippen LogP contribution < -0.4 is 5.32 Å². The number of piperazine rings is 1. The summed E-state index contributed by atoms with van der Waals surface area (Å²) in [5, 5.41) is 3.39. The third kappa shape index (κ3) is 3.44. The molecule has 1 saturated heterocycles. The number of hydrogen-bond donors (Lipinski definition) is 1. The Morgan fingerprint density at radius 2 is 1.95 bits per heavy atom. The van der Waals surface area contributed by atoms with Crippen LogP contribution in [0.15, 0.2) is 18.2 Å². The average Bonchev–Trinajstić information content (AvgIpc) is 2.55. The van der Waals surface area contributed by atoms with Crippen LogP contribution in [0, 0.1) is 0 Å². The molecular formula is C17H25N3O. The van der Waals surface area contributed by atoms with E-state index in [1.54, 1.807) is 0 Å². The van der Waals surface area contributed by atoms with Crippen LogP contribution in [0.5, 0.6) is 0 Å². The summed E-state index contributed by atoms with van der Waals surface area (Å²) in [6, 6.07) is 6.13. The van der Waals surface area contributed by atoms with Gasteiger partial charge in [0.15, 0.2) is 5.78 Å². The second-order valence-corrected chi connectivity index (χ2v) is 6.04. The van der Waals surface area contributed by atoms with E-state index in [0.717, 1.165) is 57.7 Å². The Balaban J connectivity index is 1.60. The number of ketones is 1. The zero-order chi connectivity index (χ0) is 14.7. The molecule has 0 unspecified atom stereocenters. The predicted molar refractivity (Wildman–Crippen MR) is 86.1 cm³/mol. The molecule has 0 radical (unpaired) electrons. The summed E-state index contributed by atoms with van der Waals surface area (Å²) in [6.45, 7) is 9.08. The summed E-state index contributed by atoms with van der Waals surface area (Å²) in [7, 11) is 0. The normalized spacial score (nSPS) is 19.9. The van der Waals surface area contributed by atoms with Gasteiger partial charge in [0.25, 0.3) is 0 Å². The predicted octanol–water partition coefficient (Wildman–Crippen LogP) is 1.86. The number of aryl methyl sites for hydroxylation is 1. The number of rotatable bonds is 4. The molecule has 4 heteroatoms. The van der Waals surface area contributed by atoms with E-state index in [9.17, 15) is 4.79 Å². The van der Waals surface area contributed by atoms with Gasteiger partial charge in [0.1, 0.15) is 0 Å². The molecule has 3 rings (SSSR count). The highest BCUT2D eigenvalue weighted by Crippen LogP contribution is 2.23. The third-order valence-electron chi connectivity index (χ3n) is 4.64. The summed E-state index contributed by atoms with van der Waals surface area (Å²) in [4.78, 5) is 17.2. The van der Waals surface area contributed by atoms with Gasteiger partial charge in [-0.2, -0.15) is 0 Å². The number of fused-ring (bicyclic) bond motifs is 1. The number of carbonyl (C=O) groups excluding carboxylic acids is 1.